The first-order chi connectivity index (χ1) is 14.8. The number of unbranched alkanes of at least 4 members (excludes halogenated alkanes) is 1. The number of hydrogen-bond acceptors (Lipinski definition) is 6. The Labute approximate surface area is 199 Å². The zero-order valence-corrected chi connectivity index (χ0v) is 22.0. The van der Waals surface area contributed by atoms with Crippen LogP contribution in [0.15, 0.2) is 0 Å². The summed E-state index contributed by atoms with van der Waals surface area (Å²) in [6, 6.07) is -1.64. The topological polar surface area (TPSA) is 116 Å². The molecule has 0 aliphatic carbocycles. The number of nitrogens with two attached hydrogens (primary N) is 1. The third-order valence-electron chi connectivity index (χ3n) is 5.17. The van der Waals surface area contributed by atoms with E-state index in [9.17, 15) is 19.5 Å². The van der Waals surface area contributed by atoms with E-state index in [2.05, 4.69) is 19.2 Å². The van der Waals surface area contributed by atoms with Crippen LogP contribution in [0.2, 0.25) is 0 Å². The maximum Gasteiger partial charge on any atom is 0.246 e. The van der Waals surface area contributed by atoms with Crippen LogP contribution in [0.1, 0.15) is 66.7 Å². The summed E-state index contributed by atoms with van der Waals surface area (Å²) in [5.74, 6) is 0.848. The van der Waals surface area contributed by atoms with Gasteiger partial charge >= 0.3 is 0 Å². The van der Waals surface area contributed by atoms with Gasteiger partial charge in [0.05, 0.1) is 5.60 Å². The molecule has 4 N–H and O–H groups in total. The normalized spacial score (nSPS) is 13.7. The van der Waals surface area contributed by atoms with Gasteiger partial charge in [-0.1, -0.05) is 20.8 Å². The minimum atomic E-state index is -1.16. The number of likely N-dealkylation sites (N-methyl/N-ethyl adjacent to an activating group) is 2. The highest BCUT2D eigenvalue weighted by Gasteiger charge is 2.36. The molecule has 3 amide bonds. The highest BCUT2D eigenvalue weighted by atomic mass is 32.2. The van der Waals surface area contributed by atoms with Gasteiger partial charge in [-0.15, -0.1) is 0 Å². The molecule has 32 heavy (non-hydrogen) atoms. The van der Waals surface area contributed by atoms with Gasteiger partial charge < -0.3 is 26.0 Å². The van der Waals surface area contributed by atoms with Crippen LogP contribution >= 0.6 is 11.8 Å². The van der Waals surface area contributed by atoms with E-state index >= 15 is 0 Å². The average molecular weight is 475 g/mol. The largest absolute Gasteiger partial charge is 0.390 e. The average Bonchev–Trinajstić information content (AvgIpc) is 2.68. The summed E-state index contributed by atoms with van der Waals surface area (Å²) in [4.78, 5) is 40.6. The minimum absolute atomic E-state index is 0.0282. The first-order valence-corrected chi connectivity index (χ1v) is 12.8. The Bertz CT molecular complexity index is 581. The summed E-state index contributed by atoms with van der Waals surface area (Å²) in [6.45, 7) is 11.4. The second kappa shape index (κ2) is 15.5. The molecule has 0 spiro atoms. The number of thioether (sulfide) groups is 1. The fraction of sp³-hybridized carbons (Fsp3) is 0.870. The summed E-state index contributed by atoms with van der Waals surface area (Å²) < 4.78 is 0. The van der Waals surface area contributed by atoms with Crippen molar-refractivity contribution in [2.45, 2.75) is 84.4 Å². The molecule has 8 nitrogen and oxygen atoms in total. The molecule has 0 aromatic heterocycles. The van der Waals surface area contributed by atoms with Gasteiger partial charge in [0.15, 0.2) is 0 Å². The smallest absolute Gasteiger partial charge is 0.246 e. The van der Waals surface area contributed by atoms with Crippen LogP contribution in [0.3, 0.4) is 0 Å². The second-order valence-electron chi connectivity index (χ2n) is 9.53. The molecule has 0 saturated heterocycles. The summed E-state index contributed by atoms with van der Waals surface area (Å²) in [6.07, 6.45) is 3.15. The zero-order valence-electron chi connectivity index (χ0n) is 21.1. The van der Waals surface area contributed by atoms with Crippen LogP contribution in [0.4, 0.5) is 0 Å². The highest BCUT2D eigenvalue weighted by Crippen LogP contribution is 2.19. The quantitative estimate of drug-likeness (QED) is 0.277. The van der Waals surface area contributed by atoms with Crippen LogP contribution in [0.5, 0.6) is 0 Å². The molecule has 2 atom stereocenters. The molecule has 0 radical (unpaired) electrons. The molecular formula is C23H46N4O4S. The van der Waals surface area contributed by atoms with Crippen molar-refractivity contribution in [3.8, 4) is 0 Å². The number of carbonyl (C=O) groups excluding carboxylic acids is 3. The monoisotopic (exact) mass is 474 g/mol. The van der Waals surface area contributed by atoms with E-state index in [-0.39, 0.29) is 18.2 Å². The molecule has 0 rings (SSSR count). The third-order valence-corrected chi connectivity index (χ3v) is 6.30. The van der Waals surface area contributed by atoms with Crippen LogP contribution in [-0.2, 0) is 14.4 Å². The van der Waals surface area contributed by atoms with Gasteiger partial charge in [-0.2, -0.15) is 11.8 Å². The van der Waals surface area contributed by atoms with Crippen molar-refractivity contribution in [2.24, 2.45) is 11.7 Å². The van der Waals surface area contributed by atoms with E-state index in [0.29, 0.717) is 24.5 Å². The van der Waals surface area contributed by atoms with Gasteiger partial charge in [0.25, 0.3) is 0 Å². The van der Waals surface area contributed by atoms with Crippen LogP contribution < -0.4 is 11.1 Å². The van der Waals surface area contributed by atoms with E-state index < -0.39 is 23.6 Å². The minimum Gasteiger partial charge on any atom is -0.390 e. The van der Waals surface area contributed by atoms with E-state index in [1.807, 2.05) is 6.92 Å². The van der Waals surface area contributed by atoms with Crippen molar-refractivity contribution in [3.05, 3.63) is 0 Å². The molecule has 188 valence electrons. The lowest BCUT2D eigenvalue weighted by Crippen LogP contribution is -2.56. The van der Waals surface area contributed by atoms with Crippen LogP contribution in [-0.4, -0.2) is 89.0 Å². The Morgan fingerprint density at radius 1 is 1.09 bits per heavy atom. The molecule has 0 heterocycles. The van der Waals surface area contributed by atoms with E-state index in [1.54, 1.807) is 32.7 Å². The number of carbonyl (C=O) groups is 3. The highest BCUT2D eigenvalue weighted by molar-refractivity contribution is 7.99. The summed E-state index contributed by atoms with van der Waals surface area (Å²) in [5, 5.41) is 13.6. The van der Waals surface area contributed by atoms with Gasteiger partial charge in [-0.3, -0.25) is 14.4 Å². The van der Waals surface area contributed by atoms with Gasteiger partial charge in [-0.05, 0) is 57.9 Å². The van der Waals surface area contributed by atoms with Crippen molar-refractivity contribution in [3.63, 3.8) is 0 Å². The molecule has 0 bridgehead atoms. The number of hydrogen-bond donors (Lipinski definition) is 3. The second-order valence-corrected chi connectivity index (χ2v) is 10.7. The Hall–Kier alpha value is -1.32. The van der Waals surface area contributed by atoms with Gasteiger partial charge in [-0.25, -0.2) is 0 Å². The molecule has 0 aliphatic rings. The lowest BCUT2D eigenvalue weighted by molar-refractivity contribution is -0.147. The predicted molar refractivity (Wildman–Crippen MR) is 132 cm³/mol. The predicted octanol–water partition coefficient (Wildman–Crippen LogP) is 1.85. The number of nitrogens with zero attached hydrogens (tertiary/aromatic N) is 2. The lowest BCUT2D eigenvalue weighted by Gasteiger charge is -2.35. The zero-order chi connectivity index (χ0) is 24.9. The SMILES string of the molecule is CCCC(=O)N(C)[C@H](CSCCCCNCC(C)C)C(=O)N(C)[C@@H](CC(C)(C)O)C(N)=O. The molecule has 9 heteroatoms. The van der Waals surface area contributed by atoms with Crippen molar-refractivity contribution < 1.29 is 19.5 Å². The van der Waals surface area contributed by atoms with Crippen LogP contribution in [0, 0.1) is 5.92 Å². The number of rotatable bonds is 17. The Morgan fingerprint density at radius 2 is 1.72 bits per heavy atom. The summed E-state index contributed by atoms with van der Waals surface area (Å²) in [5.41, 5.74) is 4.37. The van der Waals surface area contributed by atoms with Crippen LogP contribution in [0.25, 0.3) is 0 Å². The van der Waals surface area contributed by atoms with Gasteiger partial charge in [0.1, 0.15) is 12.1 Å². The first kappa shape index (κ1) is 30.7. The van der Waals surface area contributed by atoms with Crippen molar-refractivity contribution in [2.75, 3.05) is 38.7 Å². The van der Waals surface area contributed by atoms with E-state index in [1.165, 1.54) is 16.8 Å². The van der Waals surface area contributed by atoms with Crippen molar-refractivity contribution in [1.29, 1.82) is 0 Å². The number of primary amides is 1. The fourth-order valence-electron chi connectivity index (χ4n) is 3.24. The molecule has 0 aromatic rings. The number of aliphatic hydroxyl groups is 1. The maximum absolute atomic E-state index is 13.3. The van der Waals surface area contributed by atoms with E-state index in [4.69, 9.17) is 5.73 Å². The molecule has 0 aliphatic heterocycles. The van der Waals surface area contributed by atoms with Crippen molar-refractivity contribution >= 4 is 29.5 Å². The maximum atomic E-state index is 13.3. The number of nitrogens with one attached hydrogen (secondary N) is 1. The lowest BCUT2D eigenvalue weighted by atomic mass is 9.97. The van der Waals surface area contributed by atoms with E-state index in [0.717, 1.165) is 31.7 Å². The molecular weight excluding hydrogens is 428 g/mol. The van der Waals surface area contributed by atoms with Gasteiger partial charge in [0.2, 0.25) is 17.7 Å². The molecule has 0 unspecified atom stereocenters. The summed E-state index contributed by atoms with van der Waals surface area (Å²) in [7, 11) is 3.15. The Morgan fingerprint density at radius 3 is 2.22 bits per heavy atom. The third kappa shape index (κ3) is 12.6. The Balaban J connectivity index is 5.09. The summed E-state index contributed by atoms with van der Waals surface area (Å²) >= 11 is 1.63. The van der Waals surface area contributed by atoms with Gasteiger partial charge in [0, 0.05) is 32.7 Å². The fourth-order valence-corrected chi connectivity index (χ4v) is 4.41. The molecule has 0 fully saturated rings. The first-order valence-electron chi connectivity index (χ1n) is 11.6. The standard InChI is InChI=1S/C23H46N4O4S/c1-8-11-20(28)26(6)19(16-32-13-10-9-12-25-15-17(2)3)22(30)27(7)18(21(24)29)14-23(4,5)31/h17-19,25,31H,8-16H2,1-7H3,(H2,24,29)/t18-,19+/m0/s1. The number of amides is 3. The Kier molecular flexibility index (Phi) is 14.9. The molecule has 0 aromatic carbocycles. The molecule has 0 saturated carbocycles. The van der Waals surface area contributed by atoms with Crippen molar-refractivity contribution in [1.82, 2.24) is 15.1 Å².